The highest BCUT2D eigenvalue weighted by Crippen LogP contribution is 2.24. The van der Waals surface area contributed by atoms with Gasteiger partial charge in [0.2, 0.25) is 0 Å². The van der Waals surface area contributed by atoms with Crippen molar-refractivity contribution in [2.24, 2.45) is 5.73 Å². The molecule has 0 saturated carbocycles. The number of nitrogens with two attached hydrogens (primary N) is 1. The molecule has 0 aromatic carbocycles. The summed E-state index contributed by atoms with van der Waals surface area (Å²) in [4.78, 5) is 0. The van der Waals surface area contributed by atoms with Crippen molar-refractivity contribution in [1.82, 2.24) is 0 Å². The van der Waals surface area contributed by atoms with Gasteiger partial charge in [-0.25, -0.2) is 0 Å². The zero-order chi connectivity index (χ0) is 11.0. The van der Waals surface area contributed by atoms with Crippen LogP contribution in [0, 0.1) is 0 Å². The predicted molar refractivity (Wildman–Crippen MR) is 61.3 cm³/mol. The minimum absolute atomic E-state index is 0.500. The van der Waals surface area contributed by atoms with E-state index in [-0.39, 0.29) is 0 Å². The molecule has 1 aromatic heterocycles. The molecule has 0 bridgehead atoms. The zero-order valence-electron chi connectivity index (χ0n) is 9.84. The fourth-order valence-electron chi connectivity index (χ4n) is 1.48. The molecule has 1 heterocycles. The molecule has 0 aliphatic heterocycles. The third-order valence-corrected chi connectivity index (χ3v) is 2.33. The van der Waals surface area contributed by atoms with Gasteiger partial charge >= 0.3 is 0 Å². The summed E-state index contributed by atoms with van der Waals surface area (Å²) in [5, 5.41) is 0. The first-order chi connectivity index (χ1) is 6.81. The molecule has 0 unspecified atom stereocenters. The van der Waals surface area contributed by atoms with Crippen LogP contribution in [0.2, 0.25) is 0 Å². The number of furan rings is 1. The van der Waals surface area contributed by atoms with Crippen LogP contribution in [0.15, 0.2) is 16.7 Å². The smallest absolute Gasteiger partial charge is 0.117 e. The summed E-state index contributed by atoms with van der Waals surface area (Å²) in [5.74, 6) is 1.52. The van der Waals surface area contributed by atoms with Crippen molar-refractivity contribution in [2.75, 3.05) is 0 Å². The van der Waals surface area contributed by atoms with Gasteiger partial charge in [0.15, 0.2) is 0 Å². The van der Waals surface area contributed by atoms with Gasteiger partial charge in [0.1, 0.15) is 5.76 Å². The fourth-order valence-corrected chi connectivity index (χ4v) is 1.48. The molecule has 0 saturated heterocycles. The van der Waals surface area contributed by atoms with Gasteiger partial charge in [-0.3, -0.25) is 0 Å². The third-order valence-electron chi connectivity index (χ3n) is 2.33. The molecule has 2 nitrogen and oxygen atoms in total. The van der Waals surface area contributed by atoms with E-state index in [2.05, 4.69) is 19.9 Å². The molecule has 1 rings (SSSR count). The van der Waals surface area contributed by atoms with E-state index in [9.17, 15) is 0 Å². The molecule has 0 aliphatic rings. The second-order valence-electron chi connectivity index (χ2n) is 3.06. The highest BCUT2D eigenvalue weighted by Gasteiger charge is 2.09. The van der Waals surface area contributed by atoms with E-state index in [1.54, 1.807) is 0 Å². The molecule has 82 valence electrons. The van der Waals surface area contributed by atoms with Gasteiger partial charge in [-0.2, -0.15) is 0 Å². The topological polar surface area (TPSA) is 39.2 Å². The summed E-state index contributed by atoms with van der Waals surface area (Å²) in [6.45, 7) is 8.90. The van der Waals surface area contributed by atoms with Gasteiger partial charge in [0.05, 0.1) is 12.8 Å². The van der Waals surface area contributed by atoms with E-state index in [0.717, 1.165) is 5.76 Å². The first-order valence-corrected chi connectivity index (χ1v) is 5.59. The second kappa shape index (κ2) is 7.63. The minimum atomic E-state index is 0.500. The Morgan fingerprint density at radius 3 is 2.21 bits per heavy atom. The molecule has 14 heavy (non-hydrogen) atoms. The summed E-state index contributed by atoms with van der Waals surface area (Å²) < 4.78 is 5.27. The van der Waals surface area contributed by atoms with E-state index >= 15 is 0 Å². The molecule has 0 amide bonds. The number of rotatable bonds is 4. The lowest BCUT2D eigenvalue weighted by Crippen LogP contribution is -1.95. The maximum atomic E-state index is 5.45. The summed E-state index contributed by atoms with van der Waals surface area (Å²) in [7, 11) is 0. The Kier molecular flexibility index (Phi) is 7.21. The third kappa shape index (κ3) is 3.54. The number of hydrogen-bond acceptors (Lipinski definition) is 2. The van der Waals surface area contributed by atoms with Gasteiger partial charge in [0, 0.05) is 0 Å². The Labute approximate surface area is 87.5 Å². The molecule has 0 spiro atoms. The Bertz CT molecular complexity index is 226. The lowest BCUT2D eigenvalue weighted by atomic mass is 9.96. The molecule has 1 aromatic rings. The summed E-state index contributed by atoms with van der Waals surface area (Å²) in [6.07, 6.45) is 4.17. The standard InChI is InChI=1S/C10H17NO.C2H6/c1-3-8(4-2)9-5-10(6-11)12-7-9;1-2/h5,7-8H,3-4,6,11H2,1-2H3;1-2H3. The van der Waals surface area contributed by atoms with Crippen LogP contribution in [0.3, 0.4) is 0 Å². The van der Waals surface area contributed by atoms with E-state index < -0.39 is 0 Å². The van der Waals surface area contributed by atoms with Crippen molar-refractivity contribution in [3.05, 3.63) is 23.7 Å². The second-order valence-corrected chi connectivity index (χ2v) is 3.06. The molecule has 2 heteroatoms. The molecule has 0 radical (unpaired) electrons. The molecule has 0 fully saturated rings. The van der Waals surface area contributed by atoms with Crippen LogP contribution in [0.5, 0.6) is 0 Å². The maximum Gasteiger partial charge on any atom is 0.117 e. The Balaban J connectivity index is 0.000000791. The Hall–Kier alpha value is -0.760. The van der Waals surface area contributed by atoms with E-state index in [1.165, 1.54) is 18.4 Å². The van der Waals surface area contributed by atoms with Crippen LogP contribution in [-0.2, 0) is 6.54 Å². The van der Waals surface area contributed by atoms with Crippen molar-refractivity contribution in [1.29, 1.82) is 0 Å². The predicted octanol–water partition coefficient (Wildman–Crippen LogP) is 3.67. The Morgan fingerprint density at radius 1 is 1.29 bits per heavy atom. The summed E-state index contributed by atoms with van der Waals surface area (Å²) in [5.41, 5.74) is 6.74. The van der Waals surface area contributed by atoms with Crippen molar-refractivity contribution in [2.45, 2.75) is 53.0 Å². The average molecular weight is 197 g/mol. The van der Waals surface area contributed by atoms with E-state index in [1.807, 2.05) is 20.1 Å². The van der Waals surface area contributed by atoms with Crippen molar-refractivity contribution < 1.29 is 4.42 Å². The van der Waals surface area contributed by atoms with Crippen LogP contribution in [-0.4, -0.2) is 0 Å². The zero-order valence-corrected chi connectivity index (χ0v) is 9.84. The molecule has 2 N–H and O–H groups in total. The van der Waals surface area contributed by atoms with Gasteiger partial charge in [0.25, 0.3) is 0 Å². The van der Waals surface area contributed by atoms with Gasteiger partial charge in [-0.15, -0.1) is 0 Å². The first-order valence-electron chi connectivity index (χ1n) is 5.59. The van der Waals surface area contributed by atoms with E-state index in [4.69, 9.17) is 10.2 Å². The Morgan fingerprint density at radius 2 is 1.86 bits per heavy atom. The number of hydrogen-bond donors (Lipinski definition) is 1. The molecule has 0 atom stereocenters. The normalized spacial score (nSPS) is 9.86. The monoisotopic (exact) mass is 197 g/mol. The fraction of sp³-hybridized carbons (Fsp3) is 0.667. The SMILES string of the molecule is CC.CCC(CC)c1coc(CN)c1. The minimum Gasteiger partial charge on any atom is -0.468 e. The van der Waals surface area contributed by atoms with Crippen LogP contribution in [0.4, 0.5) is 0 Å². The van der Waals surface area contributed by atoms with Crippen LogP contribution in [0.25, 0.3) is 0 Å². The van der Waals surface area contributed by atoms with Crippen molar-refractivity contribution in [3.63, 3.8) is 0 Å². The van der Waals surface area contributed by atoms with Crippen molar-refractivity contribution >= 4 is 0 Å². The average Bonchev–Trinajstić information content (AvgIpc) is 2.71. The maximum absolute atomic E-state index is 5.45. The largest absolute Gasteiger partial charge is 0.468 e. The molecular formula is C12H23NO. The lowest BCUT2D eigenvalue weighted by Gasteiger charge is -2.07. The quantitative estimate of drug-likeness (QED) is 0.800. The summed E-state index contributed by atoms with van der Waals surface area (Å²) in [6, 6.07) is 2.07. The van der Waals surface area contributed by atoms with E-state index in [0.29, 0.717) is 12.5 Å². The van der Waals surface area contributed by atoms with Gasteiger partial charge < -0.3 is 10.2 Å². The highest BCUT2D eigenvalue weighted by molar-refractivity contribution is 5.17. The van der Waals surface area contributed by atoms with Gasteiger partial charge in [-0.05, 0) is 30.4 Å². The van der Waals surface area contributed by atoms with Crippen LogP contribution < -0.4 is 5.73 Å². The van der Waals surface area contributed by atoms with Crippen LogP contribution >= 0.6 is 0 Å². The first kappa shape index (κ1) is 13.2. The summed E-state index contributed by atoms with van der Waals surface area (Å²) >= 11 is 0. The van der Waals surface area contributed by atoms with Crippen LogP contribution in [0.1, 0.15) is 57.8 Å². The molecular weight excluding hydrogens is 174 g/mol. The lowest BCUT2D eigenvalue weighted by molar-refractivity contribution is 0.506. The molecule has 0 aliphatic carbocycles. The van der Waals surface area contributed by atoms with Gasteiger partial charge in [-0.1, -0.05) is 27.7 Å². The highest BCUT2D eigenvalue weighted by atomic mass is 16.3. The van der Waals surface area contributed by atoms with Crippen molar-refractivity contribution in [3.8, 4) is 0 Å².